The van der Waals surface area contributed by atoms with Crippen LogP contribution in [-0.2, 0) is 6.54 Å². The van der Waals surface area contributed by atoms with Crippen LogP contribution in [0.3, 0.4) is 0 Å². The molecule has 0 aromatic heterocycles. The number of thiocarbonyl (C=S) groups is 1. The molecule has 0 heterocycles. The Morgan fingerprint density at radius 3 is 2.45 bits per heavy atom. The zero-order valence-electron chi connectivity index (χ0n) is 10.3. The molecule has 2 aromatic rings. The second kappa shape index (κ2) is 6.88. The van der Waals surface area contributed by atoms with E-state index in [1.807, 2.05) is 6.07 Å². The average Bonchev–Trinajstić information content (AvgIpc) is 2.40. The first-order chi connectivity index (χ1) is 9.54. The van der Waals surface area contributed by atoms with E-state index < -0.39 is 0 Å². The van der Waals surface area contributed by atoms with Crippen LogP contribution in [0.1, 0.15) is 5.56 Å². The maximum atomic E-state index is 12.8. The highest BCUT2D eigenvalue weighted by atomic mass is 35.5. The van der Waals surface area contributed by atoms with Crippen molar-refractivity contribution in [2.45, 2.75) is 6.54 Å². The molecule has 0 radical (unpaired) electrons. The fourth-order valence-corrected chi connectivity index (χ4v) is 2.21. The lowest BCUT2D eigenvalue weighted by Gasteiger charge is -2.11. The van der Waals surface area contributed by atoms with Crippen molar-refractivity contribution in [3.05, 3.63) is 63.9 Å². The van der Waals surface area contributed by atoms with Gasteiger partial charge >= 0.3 is 0 Å². The Morgan fingerprint density at radius 2 is 1.80 bits per heavy atom. The summed E-state index contributed by atoms with van der Waals surface area (Å²) < 4.78 is 12.8. The lowest BCUT2D eigenvalue weighted by Crippen LogP contribution is -2.27. The highest BCUT2D eigenvalue weighted by molar-refractivity contribution is 7.80. The van der Waals surface area contributed by atoms with Gasteiger partial charge < -0.3 is 10.6 Å². The summed E-state index contributed by atoms with van der Waals surface area (Å²) in [5.74, 6) is -0.289. The second-order valence-corrected chi connectivity index (χ2v) is 5.30. The lowest BCUT2D eigenvalue weighted by atomic mass is 10.2. The van der Waals surface area contributed by atoms with Gasteiger partial charge in [-0.2, -0.15) is 0 Å². The summed E-state index contributed by atoms with van der Waals surface area (Å²) in [6.45, 7) is 0.475. The Balaban J connectivity index is 1.90. The minimum Gasteiger partial charge on any atom is -0.358 e. The van der Waals surface area contributed by atoms with Crippen LogP contribution in [0.4, 0.5) is 10.1 Å². The fourth-order valence-electron chi connectivity index (χ4n) is 1.55. The third-order valence-corrected chi connectivity index (χ3v) is 3.39. The van der Waals surface area contributed by atoms with E-state index in [1.54, 1.807) is 24.3 Å². The Labute approximate surface area is 131 Å². The van der Waals surface area contributed by atoms with Gasteiger partial charge in [-0.3, -0.25) is 0 Å². The summed E-state index contributed by atoms with van der Waals surface area (Å²) in [5.41, 5.74) is 1.60. The largest absolute Gasteiger partial charge is 0.358 e. The van der Waals surface area contributed by atoms with Crippen LogP contribution in [0.5, 0.6) is 0 Å². The van der Waals surface area contributed by atoms with E-state index in [0.29, 0.717) is 27.4 Å². The molecule has 20 heavy (non-hydrogen) atoms. The Morgan fingerprint density at radius 1 is 1.10 bits per heavy atom. The lowest BCUT2D eigenvalue weighted by molar-refractivity contribution is 0.628. The molecule has 0 atom stereocenters. The predicted molar refractivity (Wildman–Crippen MR) is 85.9 cm³/mol. The molecular formula is C14H11Cl2FN2S. The molecule has 0 aliphatic carbocycles. The van der Waals surface area contributed by atoms with Crippen molar-refractivity contribution in [1.82, 2.24) is 5.32 Å². The first kappa shape index (κ1) is 15.0. The van der Waals surface area contributed by atoms with Gasteiger partial charge in [0.05, 0.1) is 0 Å². The van der Waals surface area contributed by atoms with Crippen molar-refractivity contribution in [3.8, 4) is 0 Å². The molecule has 0 fully saturated rings. The number of hydrogen-bond acceptors (Lipinski definition) is 1. The number of hydrogen-bond donors (Lipinski definition) is 2. The molecule has 0 unspecified atom stereocenters. The van der Waals surface area contributed by atoms with Crippen molar-refractivity contribution < 1.29 is 4.39 Å². The molecule has 0 saturated heterocycles. The summed E-state index contributed by atoms with van der Waals surface area (Å²) in [6, 6.07) is 11.2. The van der Waals surface area contributed by atoms with Crippen molar-refractivity contribution in [2.75, 3.05) is 5.32 Å². The molecule has 2 aromatic carbocycles. The van der Waals surface area contributed by atoms with Crippen molar-refractivity contribution in [2.24, 2.45) is 0 Å². The van der Waals surface area contributed by atoms with Gasteiger partial charge in [0.25, 0.3) is 0 Å². The first-order valence-electron chi connectivity index (χ1n) is 5.79. The summed E-state index contributed by atoms with van der Waals surface area (Å²) in [5, 5.41) is 7.58. The maximum Gasteiger partial charge on any atom is 0.171 e. The van der Waals surface area contributed by atoms with Crippen molar-refractivity contribution >= 4 is 46.2 Å². The van der Waals surface area contributed by atoms with Crippen LogP contribution in [0.2, 0.25) is 10.0 Å². The topological polar surface area (TPSA) is 24.1 Å². The van der Waals surface area contributed by atoms with E-state index >= 15 is 0 Å². The van der Waals surface area contributed by atoms with Gasteiger partial charge in [-0.25, -0.2) is 4.39 Å². The summed E-state index contributed by atoms with van der Waals surface area (Å²) in [4.78, 5) is 0. The van der Waals surface area contributed by atoms with Gasteiger partial charge in [-0.05, 0) is 54.2 Å². The molecular weight excluding hydrogens is 318 g/mol. The molecule has 0 aliphatic rings. The van der Waals surface area contributed by atoms with E-state index in [2.05, 4.69) is 10.6 Å². The van der Waals surface area contributed by atoms with Crippen LogP contribution in [0.15, 0.2) is 42.5 Å². The number of benzene rings is 2. The van der Waals surface area contributed by atoms with Gasteiger partial charge in [0.15, 0.2) is 5.11 Å². The number of anilines is 1. The Hall–Kier alpha value is -1.36. The van der Waals surface area contributed by atoms with E-state index in [-0.39, 0.29) is 5.82 Å². The second-order valence-electron chi connectivity index (χ2n) is 4.05. The van der Waals surface area contributed by atoms with Crippen LogP contribution >= 0.6 is 35.4 Å². The number of nitrogens with one attached hydrogen (secondary N) is 2. The highest BCUT2D eigenvalue weighted by Crippen LogP contribution is 2.20. The molecule has 0 spiro atoms. The molecule has 104 valence electrons. The molecule has 2 rings (SSSR count). The van der Waals surface area contributed by atoms with Crippen molar-refractivity contribution in [3.63, 3.8) is 0 Å². The summed E-state index contributed by atoms with van der Waals surface area (Å²) >= 11 is 17.0. The van der Waals surface area contributed by atoms with Gasteiger partial charge in [0.2, 0.25) is 0 Å². The highest BCUT2D eigenvalue weighted by Gasteiger charge is 2.03. The van der Waals surface area contributed by atoms with Gasteiger partial charge in [-0.15, -0.1) is 0 Å². The summed E-state index contributed by atoms with van der Waals surface area (Å²) in [7, 11) is 0. The molecule has 6 heteroatoms. The third-order valence-electron chi connectivity index (χ3n) is 2.56. The zero-order chi connectivity index (χ0) is 14.5. The van der Waals surface area contributed by atoms with Gasteiger partial charge in [0, 0.05) is 22.3 Å². The predicted octanol–water partition coefficient (Wildman–Crippen LogP) is 4.62. The smallest absolute Gasteiger partial charge is 0.171 e. The number of halogens is 3. The summed E-state index contributed by atoms with van der Waals surface area (Å²) in [6.07, 6.45) is 0. The van der Waals surface area contributed by atoms with E-state index in [1.165, 1.54) is 12.1 Å². The fraction of sp³-hybridized carbons (Fsp3) is 0.0714. The third kappa shape index (κ3) is 4.34. The van der Waals surface area contributed by atoms with Crippen LogP contribution < -0.4 is 10.6 Å². The minimum absolute atomic E-state index is 0.289. The Bertz CT molecular complexity index is 617. The van der Waals surface area contributed by atoms with Gasteiger partial charge in [0.1, 0.15) is 5.82 Å². The van der Waals surface area contributed by atoms with Crippen molar-refractivity contribution in [1.29, 1.82) is 0 Å². The normalized spacial score (nSPS) is 10.2. The first-order valence-corrected chi connectivity index (χ1v) is 6.95. The van der Waals surface area contributed by atoms with Crippen LogP contribution in [-0.4, -0.2) is 5.11 Å². The Kier molecular flexibility index (Phi) is 5.17. The van der Waals surface area contributed by atoms with E-state index in [0.717, 1.165) is 5.56 Å². The van der Waals surface area contributed by atoms with Crippen LogP contribution in [0, 0.1) is 5.82 Å². The molecule has 0 aliphatic heterocycles. The SMILES string of the molecule is Fc1ccc(NC(=S)NCc2ccc(Cl)cc2Cl)cc1. The average molecular weight is 329 g/mol. The quantitative estimate of drug-likeness (QED) is 0.804. The van der Waals surface area contributed by atoms with Crippen LogP contribution in [0.25, 0.3) is 0 Å². The monoisotopic (exact) mass is 328 g/mol. The zero-order valence-corrected chi connectivity index (χ0v) is 12.6. The number of rotatable bonds is 3. The van der Waals surface area contributed by atoms with Gasteiger partial charge in [-0.1, -0.05) is 29.3 Å². The van der Waals surface area contributed by atoms with E-state index in [9.17, 15) is 4.39 Å². The molecule has 2 nitrogen and oxygen atoms in total. The molecule has 0 saturated carbocycles. The molecule has 2 N–H and O–H groups in total. The minimum atomic E-state index is -0.289. The van der Waals surface area contributed by atoms with E-state index in [4.69, 9.17) is 35.4 Å². The maximum absolute atomic E-state index is 12.8. The molecule has 0 amide bonds. The standard InChI is InChI=1S/C14H11Cl2FN2S/c15-10-2-1-9(13(16)7-10)8-18-14(20)19-12-5-3-11(17)4-6-12/h1-7H,8H2,(H2,18,19,20). The molecule has 0 bridgehead atoms.